The molecular formula is C19H31IN4O. The van der Waals surface area contributed by atoms with E-state index in [4.69, 9.17) is 0 Å². The van der Waals surface area contributed by atoms with E-state index < -0.39 is 0 Å². The van der Waals surface area contributed by atoms with Gasteiger partial charge >= 0.3 is 0 Å². The van der Waals surface area contributed by atoms with Gasteiger partial charge in [0.1, 0.15) is 0 Å². The highest BCUT2D eigenvalue weighted by Crippen LogP contribution is 2.17. The molecule has 2 rings (SSSR count). The molecule has 1 unspecified atom stereocenters. The molecule has 1 saturated carbocycles. The molecule has 140 valence electrons. The van der Waals surface area contributed by atoms with E-state index in [0.29, 0.717) is 12.6 Å². The van der Waals surface area contributed by atoms with E-state index in [1.165, 1.54) is 25.7 Å². The molecule has 0 aromatic heterocycles. The zero-order chi connectivity index (χ0) is 17.4. The highest BCUT2D eigenvalue weighted by Gasteiger charge is 2.15. The van der Waals surface area contributed by atoms with Crippen LogP contribution in [0.2, 0.25) is 0 Å². The molecule has 0 bridgehead atoms. The molecule has 1 amide bonds. The van der Waals surface area contributed by atoms with Crippen molar-refractivity contribution in [3.05, 3.63) is 29.8 Å². The Balaban J connectivity index is 0.00000312. The fourth-order valence-electron chi connectivity index (χ4n) is 2.85. The molecule has 1 aliphatic carbocycles. The molecule has 1 fully saturated rings. The number of carbonyl (C=O) groups is 1. The average Bonchev–Trinajstić information content (AvgIpc) is 3.11. The Hall–Kier alpha value is -1.31. The lowest BCUT2D eigenvalue weighted by atomic mass is 10.1. The molecule has 5 nitrogen and oxygen atoms in total. The Kier molecular flexibility index (Phi) is 9.85. The minimum atomic E-state index is 0. The number of nitrogens with one attached hydrogen (secondary N) is 3. The lowest BCUT2D eigenvalue weighted by molar-refractivity contribution is -0.119. The summed E-state index contributed by atoms with van der Waals surface area (Å²) >= 11 is 0. The summed E-state index contributed by atoms with van der Waals surface area (Å²) in [5, 5.41) is 9.81. The van der Waals surface area contributed by atoms with Crippen molar-refractivity contribution < 1.29 is 4.79 Å². The second kappa shape index (κ2) is 11.3. The van der Waals surface area contributed by atoms with E-state index in [2.05, 4.69) is 27.0 Å². The van der Waals surface area contributed by atoms with Crippen molar-refractivity contribution in [3.63, 3.8) is 0 Å². The van der Waals surface area contributed by atoms with Crippen molar-refractivity contribution in [2.45, 2.75) is 58.5 Å². The number of carbonyl (C=O) groups excluding carboxylic acids is 1. The standard InChI is InChI=1S/C19H30N4O.HI/c1-4-14(2)18(24)22-17-11-7-8-15(12-17)13-21-19(20-3)23-16-9-5-6-10-16;/h7-8,11-12,14,16H,4-6,9-10,13H2,1-3H3,(H,22,24)(H2,20,21,23);1H. The number of nitrogens with zero attached hydrogens (tertiary/aromatic N) is 1. The fraction of sp³-hybridized carbons (Fsp3) is 0.579. The van der Waals surface area contributed by atoms with Crippen LogP contribution in [0.4, 0.5) is 5.69 Å². The summed E-state index contributed by atoms with van der Waals surface area (Å²) in [6, 6.07) is 8.49. The van der Waals surface area contributed by atoms with Gasteiger partial charge in [0, 0.05) is 31.2 Å². The molecule has 1 aromatic carbocycles. The molecule has 0 spiro atoms. The first-order valence-corrected chi connectivity index (χ1v) is 8.99. The van der Waals surface area contributed by atoms with Crippen molar-refractivity contribution in [1.82, 2.24) is 10.6 Å². The quantitative estimate of drug-likeness (QED) is 0.344. The Morgan fingerprint density at radius 3 is 2.68 bits per heavy atom. The van der Waals surface area contributed by atoms with Crippen LogP contribution in [-0.4, -0.2) is 25.0 Å². The predicted octanol–water partition coefficient (Wildman–Crippen LogP) is 3.90. The molecule has 1 aliphatic rings. The summed E-state index contributed by atoms with van der Waals surface area (Å²) in [5.74, 6) is 0.943. The average molecular weight is 458 g/mol. The molecule has 6 heteroatoms. The maximum absolute atomic E-state index is 12.0. The first-order chi connectivity index (χ1) is 11.6. The van der Waals surface area contributed by atoms with Gasteiger partial charge in [0.2, 0.25) is 5.91 Å². The van der Waals surface area contributed by atoms with Crippen molar-refractivity contribution in [3.8, 4) is 0 Å². The van der Waals surface area contributed by atoms with Crippen LogP contribution < -0.4 is 16.0 Å². The maximum Gasteiger partial charge on any atom is 0.227 e. The zero-order valence-electron chi connectivity index (χ0n) is 15.5. The van der Waals surface area contributed by atoms with E-state index in [0.717, 1.165) is 23.6 Å². The summed E-state index contributed by atoms with van der Waals surface area (Å²) in [6.07, 6.45) is 5.88. The number of amides is 1. The fourth-order valence-corrected chi connectivity index (χ4v) is 2.85. The molecule has 1 atom stereocenters. The van der Waals surface area contributed by atoms with Crippen LogP contribution in [-0.2, 0) is 11.3 Å². The predicted molar refractivity (Wildman–Crippen MR) is 116 cm³/mol. The zero-order valence-corrected chi connectivity index (χ0v) is 17.8. The number of aliphatic imine (C=N–C) groups is 1. The summed E-state index contributed by atoms with van der Waals surface area (Å²) in [4.78, 5) is 16.3. The largest absolute Gasteiger partial charge is 0.354 e. The van der Waals surface area contributed by atoms with Gasteiger partial charge in [-0.15, -0.1) is 24.0 Å². The molecular weight excluding hydrogens is 427 g/mol. The van der Waals surface area contributed by atoms with E-state index in [-0.39, 0.29) is 35.8 Å². The van der Waals surface area contributed by atoms with Gasteiger partial charge in [-0.3, -0.25) is 9.79 Å². The molecule has 3 N–H and O–H groups in total. The minimum absolute atomic E-state index is 0. The lowest BCUT2D eigenvalue weighted by Crippen LogP contribution is -2.41. The number of benzene rings is 1. The SMILES string of the molecule is CCC(C)C(=O)Nc1cccc(CNC(=NC)NC2CCCC2)c1.I. The van der Waals surface area contributed by atoms with E-state index >= 15 is 0 Å². The van der Waals surface area contributed by atoms with Crippen molar-refractivity contribution in [1.29, 1.82) is 0 Å². The normalized spacial score (nSPS) is 16.0. The summed E-state index contributed by atoms with van der Waals surface area (Å²) in [6.45, 7) is 4.65. The van der Waals surface area contributed by atoms with Crippen LogP contribution in [0, 0.1) is 5.92 Å². The lowest BCUT2D eigenvalue weighted by Gasteiger charge is -2.17. The van der Waals surface area contributed by atoms with Crippen LogP contribution in [0.25, 0.3) is 0 Å². The monoisotopic (exact) mass is 458 g/mol. The number of guanidine groups is 1. The summed E-state index contributed by atoms with van der Waals surface area (Å²) < 4.78 is 0. The summed E-state index contributed by atoms with van der Waals surface area (Å²) in [5.41, 5.74) is 1.96. The second-order valence-electron chi connectivity index (χ2n) is 6.55. The second-order valence-corrected chi connectivity index (χ2v) is 6.55. The number of anilines is 1. The third kappa shape index (κ3) is 7.22. The van der Waals surface area contributed by atoms with Crippen molar-refractivity contribution >= 4 is 41.5 Å². The van der Waals surface area contributed by atoms with Gasteiger partial charge in [-0.2, -0.15) is 0 Å². The maximum atomic E-state index is 12.0. The van der Waals surface area contributed by atoms with Crippen LogP contribution in [0.15, 0.2) is 29.3 Å². The first-order valence-electron chi connectivity index (χ1n) is 8.99. The number of rotatable bonds is 6. The first kappa shape index (κ1) is 21.7. The van der Waals surface area contributed by atoms with Gasteiger partial charge in [-0.1, -0.05) is 38.8 Å². The highest BCUT2D eigenvalue weighted by atomic mass is 127. The molecule has 0 heterocycles. The van der Waals surface area contributed by atoms with E-state index in [1.54, 1.807) is 7.05 Å². The van der Waals surface area contributed by atoms with E-state index in [9.17, 15) is 4.79 Å². The van der Waals surface area contributed by atoms with Crippen LogP contribution in [0.1, 0.15) is 51.5 Å². The Labute approximate surface area is 168 Å². The molecule has 25 heavy (non-hydrogen) atoms. The van der Waals surface area contributed by atoms with Crippen molar-refractivity contribution in [2.24, 2.45) is 10.9 Å². The van der Waals surface area contributed by atoms with Crippen LogP contribution in [0.3, 0.4) is 0 Å². The molecule has 1 aromatic rings. The third-order valence-corrected chi connectivity index (χ3v) is 4.63. The van der Waals surface area contributed by atoms with Gasteiger partial charge in [0.05, 0.1) is 0 Å². The van der Waals surface area contributed by atoms with E-state index in [1.807, 2.05) is 32.0 Å². The van der Waals surface area contributed by atoms with Gasteiger partial charge in [-0.25, -0.2) is 0 Å². The highest BCUT2D eigenvalue weighted by molar-refractivity contribution is 14.0. The van der Waals surface area contributed by atoms with Gasteiger partial charge in [0.15, 0.2) is 5.96 Å². The van der Waals surface area contributed by atoms with Crippen LogP contribution >= 0.6 is 24.0 Å². The topological polar surface area (TPSA) is 65.5 Å². The van der Waals surface area contributed by atoms with Gasteiger partial charge < -0.3 is 16.0 Å². The number of hydrogen-bond acceptors (Lipinski definition) is 2. The van der Waals surface area contributed by atoms with Gasteiger partial charge in [-0.05, 0) is 37.0 Å². The number of hydrogen-bond donors (Lipinski definition) is 3. The minimum Gasteiger partial charge on any atom is -0.354 e. The third-order valence-electron chi connectivity index (χ3n) is 4.63. The van der Waals surface area contributed by atoms with Crippen molar-refractivity contribution in [2.75, 3.05) is 12.4 Å². The van der Waals surface area contributed by atoms with Crippen LogP contribution in [0.5, 0.6) is 0 Å². The Morgan fingerprint density at radius 1 is 1.32 bits per heavy atom. The Bertz CT molecular complexity index is 570. The number of halogens is 1. The Morgan fingerprint density at radius 2 is 2.04 bits per heavy atom. The molecule has 0 aliphatic heterocycles. The molecule has 0 radical (unpaired) electrons. The van der Waals surface area contributed by atoms with Gasteiger partial charge in [0.25, 0.3) is 0 Å². The summed E-state index contributed by atoms with van der Waals surface area (Å²) in [7, 11) is 1.80. The molecule has 0 saturated heterocycles. The smallest absolute Gasteiger partial charge is 0.227 e.